The van der Waals surface area contributed by atoms with Crippen molar-refractivity contribution >= 4 is 11.9 Å². The fraction of sp³-hybridized carbons (Fsp3) is 0.913. The molecule has 0 aromatic carbocycles. The summed E-state index contributed by atoms with van der Waals surface area (Å²) < 4.78 is 0. The summed E-state index contributed by atoms with van der Waals surface area (Å²) in [5.74, 6) is -2.70. The lowest BCUT2D eigenvalue weighted by atomic mass is 9.94. The number of carbonyl (C=O) groups is 2. The third-order valence-corrected chi connectivity index (χ3v) is 5.61. The van der Waals surface area contributed by atoms with Crippen LogP contribution in [0.4, 0.5) is 0 Å². The summed E-state index contributed by atoms with van der Waals surface area (Å²) in [6, 6.07) is -1.08. The second-order valence-corrected chi connectivity index (χ2v) is 8.31. The molecule has 2 unspecified atom stereocenters. The molecule has 28 heavy (non-hydrogen) atoms. The highest BCUT2D eigenvalue weighted by Gasteiger charge is 2.23. The topological polar surface area (TPSA) is 101 Å². The Morgan fingerprint density at radius 3 is 1.32 bits per heavy atom. The van der Waals surface area contributed by atoms with Gasteiger partial charge in [-0.2, -0.15) is 0 Å². The van der Waals surface area contributed by atoms with Gasteiger partial charge < -0.3 is 15.9 Å². The molecule has 0 spiro atoms. The normalized spacial score (nSPS) is 13.4. The number of unbranched alkanes of at least 4 members (excludes halogenated alkanes) is 15. The summed E-state index contributed by atoms with van der Waals surface area (Å²) >= 11 is 0. The van der Waals surface area contributed by atoms with E-state index in [1.165, 1.54) is 83.5 Å². The van der Waals surface area contributed by atoms with E-state index in [4.69, 9.17) is 10.8 Å². The van der Waals surface area contributed by atoms with Gasteiger partial charge in [0.2, 0.25) is 0 Å². The largest absolute Gasteiger partial charge is 0.481 e. The molecule has 2 atom stereocenters. The molecule has 0 bridgehead atoms. The van der Waals surface area contributed by atoms with Gasteiger partial charge in [0.1, 0.15) is 6.04 Å². The maximum Gasteiger partial charge on any atom is 0.320 e. The molecule has 166 valence electrons. The van der Waals surface area contributed by atoms with Crippen molar-refractivity contribution < 1.29 is 19.8 Å². The van der Waals surface area contributed by atoms with E-state index in [0.717, 1.165) is 19.3 Å². The monoisotopic (exact) mass is 399 g/mol. The van der Waals surface area contributed by atoms with Crippen LogP contribution in [0.15, 0.2) is 0 Å². The van der Waals surface area contributed by atoms with Gasteiger partial charge in [-0.05, 0) is 12.8 Å². The molecule has 0 saturated carbocycles. The molecule has 0 aromatic heterocycles. The van der Waals surface area contributed by atoms with Crippen LogP contribution in [0.25, 0.3) is 0 Å². The third-order valence-electron chi connectivity index (χ3n) is 5.61. The van der Waals surface area contributed by atoms with Crippen LogP contribution in [0.1, 0.15) is 122 Å². The minimum atomic E-state index is -1.13. The van der Waals surface area contributed by atoms with Crippen LogP contribution >= 0.6 is 0 Å². The summed E-state index contributed by atoms with van der Waals surface area (Å²) in [7, 11) is 0. The smallest absolute Gasteiger partial charge is 0.320 e. The summed E-state index contributed by atoms with van der Waals surface area (Å²) in [6.45, 7) is 2.26. The van der Waals surface area contributed by atoms with Crippen molar-refractivity contribution in [1.29, 1.82) is 0 Å². The summed E-state index contributed by atoms with van der Waals surface area (Å²) in [5, 5.41) is 18.0. The van der Waals surface area contributed by atoms with E-state index in [2.05, 4.69) is 6.92 Å². The number of nitrogens with two attached hydrogens (primary N) is 1. The Morgan fingerprint density at radius 1 is 0.643 bits per heavy atom. The van der Waals surface area contributed by atoms with Crippen LogP contribution in [0.5, 0.6) is 0 Å². The van der Waals surface area contributed by atoms with Crippen LogP contribution in [0, 0.1) is 5.92 Å². The first-order valence-corrected chi connectivity index (χ1v) is 11.7. The molecular formula is C23H45NO4. The molecule has 0 aliphatic heterocycles. The van der Waals surface area contributed by atoms with Crippen LogP contribution < -0.4 is 5.73 Å². The summed E-state index contributed by atoms with van der Waals surface area (Å²) in [6.07, 6.45) is 21.1. The van der Waals surface area contributed by atoms with Gasteiger partial charge in [0, 0.05) is 0 Å². The molecule has 0 radical (unpaired) electrons. The van der Waals surface area contributed by atoms with Crippen LogP contribution in [0.2, 0.25) is 0 Å². The highest BCUT2D eigenvalue weighted by molar-refractivity contribution is 5.75. The Balaban J connectivity index is 3.40. The second kappa shape index (κ2) is 19.2. The average molecular weight is 400 g/mol. The lowest BCUT2D eigenvalue weighted by molar-refractivity contribution is -0.143. The van der Waals surface area contributed by atoms with Crippen molar-refractivity contribution in [3.8, 4) is 0 Å². The van der Waals surface area contributed by atoms with Gasteiger partial charge in [-0.1, -0.05) is 110 Å². The van der Waals surface area contributed by atoms with Gasteiger partial charge in [-0.25, -0.2) is 0 Å². The van der Waals surface area contributed by atoms with E-state index in [9.17, 15) is 14.7 Å². The minimum absolute atomic E-state index is 0.0173. The minimum Gasteiger partial charge on any atom is -0.481 e. The van der Waals surface area contributed by atoms with Crippen molar-refractivity contribution in [2.75, 3.05) is 0 Å². The molecule has 0 saturated heterocycles. The van der Waals surface area contributed by atoms with Gasteiger partial charge in [0.25, 0.3) is 0 Å². The lowest BCUT2D eigenvalue weighted by Crippen LogP contribution is -2.34. The molecule has 0 heterocycles. The molecule has 0 aliphatic carbocycles. The van der Waals surface area contributed by atoms with E-state index in [-0.39, 0.29) is 6.42 Å². The van der Waals surface area contributed by atoms with E-state index in [1.807, 2.05) is 0 Å². The Kier molecular flexibility index (Phi) is 18.5. The first-order valence-electron chi connectivity index (χ1n) is 11.7. The molecule has 0 aromatic rings. The summed E-state index contributed by atoms with van der Waals surface area (Å²) in [4.78, 5) is 22.0. The predicted molar refractivity (Wildman–Crippen MR) is 116 cm³/mol. The molecule has 0 aliphatic rings. The quantitative estimate of drug-likeness (QED) is 0.201. The van der Waals surface area contributed by atoms with Crippen molar-refractivity contribution in [1.82, 2.24) is 0 Å². The molecule has 0 fully saturated rings. The Hall–Kier alpha value is -1.10. The SMILES string of the molecule is CCCCCCCCCCCCCCCCCCC(CC(N)C(=O)O)C(=O)O. The molecule has 5 nitrogen and oxygen atoms in total. The number of rotatable bonds is 21. The zero-order valence-electron chi connectivity index (χ0n) is 18.2. The molecule has 0 rings (SSSR count). The molecular weight excluding hydrogens is 354 g/mol. The highest BCUT2D eigenvalue weighted by atomic mass is 16.4. The standard InChI is InChI=1S/C23H45NO4/c1-2-3-4-5-6-7-8-9-10-11-12-13-14-15-16-17-18-20(22(25)26)19-21(24)23(27)28/h20-21H,2-19,24H2,1H3,(H,25,26)(H,27,28). The van der Waals surface area contributed by atoms with Gasteiger partial charge in [-0.15, -0.1) is 0 Å². The Labute approximate surface area is 172 Å². The Bertz CT molecular complexity index is 387. The van der Waals surface area contributed by atoms with Gasteiger partial charge in [0.05, 0.1) is 5.92 Å². The van der Waals surface area contributed by atoms with Gasteiger partial charge in [0.15, 0.2) is 0 Å². The van der Waals surface area contributed by atoms with Crippen molar-refractivity contribution in [3.05, 3.63) is 0 Å². The van der Waals surface area contributed by atoms with E-state index in [0.29, 0.717) is 6.42 Å². The summed E-state index contributed by atoms with van der Waals surface area (Å²) in [5.41, 5.74) is 5.45. The highest BCUT2D eigenvalue weighted by Crippen LogP contribution is 2.18. The van der Waals surface area contributed by atoms with Crippen LogP contribution in [-0.4, -0.2) is 28.2 Å². The Morgan fingerprint density at radius 2 is 1.00 bits per heavy atom. The van der Waals surface area contributed by atoms with E-state index in [1.54, 1.807) is 0 Å². The second-order valence-electron chi connectivity index (χ2n) is 8.31. The molecule has 4 N–H and O–H groups in total. The van der Waals surface area contributed by atoms with Gasteiger partial charge >= 0.3 is 11.9 Å². The average Bonchev–Trinajstić information content (AvgIpc) is 2.66. The molecule has 5 heteroatoms. The number of aliphatic carboxylic acids is 2. The number of carboxylic acids is 2. The number of hydrogen-bond donors (Lipinski definition) is 3. The maximum absolute atomic E-state index is 11.2. The lowest BCUT2D eigenvalue weighted by Gasteiger charge is -2.14. The fourth-order valence-electron chi connectivity index (χ4n) is 3.69. The van der Waals surface area contributed by atoms with E-state index >= 15 is 0 Å². The van der Waals surface area contributed by atoms with Crippen LogP contribution in [0.3, 0.4) is 0 Å². The van der Waals surface area contributed by atoms with Crippen molar-refractivity contribution in [2.45, 2.75) is 129 Å². The predicted octanol–water partition coefficient (Wildman–Crippen LogP) is 6.14. The zero-order valence-corrected chi connectivity index (χ0v) is 18.2. The van der Waals surface area contributed by atoms with Crippen molar-refractivity contribution in [2.24, 2.45) is 11.7 Å². The fourth-order valence-corrected chi connectivity index (χ4v) is 3.69. The zero-order chi connectivity index (χ0) is 21.0. The van der Waals surface area contributed by atoms with E-state index < -0.39 is 23.9 Å². The maximum atomic E-state index is 11.2. The van der Waals surface area contributed by atoms with Crippen LogP contribution in [-0.2, 0) is 9.59 Å². The first-order chi connectivity index (χ1) is 13.5. The molecule has 0 amide bonds. The third kappa shape index (κ3) is 17.0. The number of hydrogen-bond acceptors (Lipinski definition) is 3. The number of carboxylic acid groups (broad SMARTS) is 2. The van der Waals surface area contributed by atoms with Gasteiger partial charge in [-0.3, -0.25) is 9.59 Å². The first kappa shape index (κ1) is 26.9. The van der Waals surface area contributed by atoms with Crippen molar-refractivity contribution in [3.63, 3.8) is 0 Å².